The summed E-state index contributed by atoms with van der Waals surface area (Å²) < 4.78 is 0. The maximum Gasteiger partial charge on any atom is 0.251 e. The first kappa shape index (κ1) is 19.9. The summed E-state index contributed by atoms with van der Waals surface area (Å²) in [7, 11) is 0. The lowest BCUT2D eigenvalue weighted by molar-refractivity contribution is -0.117. The van der Waals surface area contributed by atoms with Crippen LogP contribution in [-0.4, -0.2) is 27.8 Å². The summed E-state index contributed by atoms with van der Waals surface area (Å²) in [5, 5.41) is 6.01. The molecule has 1 aliphatic carbocycles. The number of para-hydroxylation sites is 2. The van der Waals surface area contributed by atoms with Crippen LogP contribution < -0.4 is 10.6 Å². The third-order valence-electron chi connectivity index (χ3n) is 5.18. The van der Waals surface area contributed by atoms with E-state index < -0.39 is 0 Å². The van der Waals surface area contributed by atoms with Crippen LogP contribution >= 0.6 is 0 Å². The minimum atomic E-state index is -0.219. The van der Waals surface area contributed by atoms with E-state index in [4.69, 9.17) is 0 Å². The van der Waals surface area contributed by atoms with E-state index in [2.05, 4.69) is 20.6 Å². The quantitative estimate of drug-likeness (QED) is 0.523. The Hall–Kier alpha value is -3.41. The molecule has 2 aromatic carbocycles. The molecule has 1 fully saturated rings. The van der Waals surface area contributed by atoms with Crippen molar-refractivity contribution in [2.75, 3.05) is 0 Å². The normalized spacial score (nSPS) is 14.9. The number of imidazole rings is 1. The van der Waals surface area contributed by atoms with Crippen LogP contribution in [0.15, 0.2) is 54.6 Å². The van der Waals surface area contributed by atoms with E-state index in [0.717, 1.165) is 35.3 Å². The van der Waals surface area contributed by atoms with Crippen LogP contribution in [0.5, 0.6) is 0 Å². The van der Waals surface area contributed by atoms with Crippen molar-refractivity contribution >= 4 is 28.9 Å². The molecule has 0 spiro atoms. The van der Waals surface area contributed by atoms with Gasteiger partial charge in [0.2, 0.25) is 5.91 Å². The van der Waals surface area contributed by atoms with Crippen LogP contribution in [0.4, 0.5) is 0 Å². The number of hydrogen-bond donors (Lipinski definition) is 3. The van der Waals surface area contributed by atoms with E-state index in [1.54, 1.807) is 18.2 Å². The summed E-state index contributed by atoms with van der Waals surface area (Å²) in [4.78, 5) is 32.5. The molecular weight excluding hydrogens is 376 g/mol. The highest BCUT2D eigenvalue weighted by Gasteiger charge is 2.23. The fraction of sp³-hybridized carbons (Fsp3) is 0.292. The fourth-order valence-corrected chi connectivity index (χ4v) is 3.29. The van der Waals surface area contributed by atoms with Gasteiger partial charge in [0.25, 0.3) is 5.91 Å². The first-order valence-electron chi connectivity index (χ1n) is 10.3. The maximum atomic E-state index is 12.5. The van der Waals surface area contributed by atoms with Crippen molar-refractivity contribution < 1.29 is 9.59 Å². The second kappa shape index (κ2) is 8.53. The second-order valence-corrected chi connectivity index (χ2v) is 8.07. The van der Waals surface area contributed by atoms with Crippen LogP contribution in [0.1, 0.15) is 54.5 Å². The van der Waals surface area contributed by atoms with Gasteiger partial charge in [-0.1, -0.05) is 38.1 Å². The highest BCUT2D eigenvalue weighted by Crippen LogP contribution is 2.22. The van der Waals surface area contributed by atoms with Gasteiger partial charge in [-0.25, -0.2) is 4.98 Å². The molecule has 30 heavy (non-hydrogen) atoms. The molecule has 1 aromatic heterocycles. The Balaban J connectivity index is 1.40. The van der Waals surface area contributed by atoms with Crippen LogP contribution in [0.3, 0.4) is 0 Å². The van der Waals surface area contributed by atoms with Gasteiger partial charge in [-0.3, -0.25) is 9.59 Å². The van der Waals surface area contributed by atoms with Gasteiger partial charge in [-0.2, -0.15) is 0 Å². The number of benzene rings is 2. The average Bonchev–Trinajstić information content (AvgIpc) is 3.45. The molecule has 1 saturated carbocycles. The molecule has 6 heteroatoms. The lowest BCUT2D eigenvalue weighted by Gasteiger charge is -2.19. The number of hydrogen-bond acceptors (Lipinski definition) is 3. The molecule has 154 valence electrons. The zero-order valence-corrected chi connectivity index (χ0v) is 17.2. The number of carbonyl (C=O) groups is 2. The largest absolute Gasteiger partial charge is 0.349 e. The van der Waals surface area contributed by atoms with E-state index in [1.807, 2.05) is 50.2 Å². The van der Waals surface area contributed by atoms with Crippen LogP contribution in [0.25, 0.3) is 17.1 Å². The molecule has 0 bridgehead atoms. The Labute approximate surface area is 175 Å². The number of H-pyrrole nitrogens is 1. The predicted molar refractivity (Wildman–Crippen MR) is 118 cm³/mol. The number of carbonyl (C=O) groups excluding carboxylic acids is 2. The summed E-state index contributed by atoms with van der Waals surface area (Å²) in [6, 6.07) is 15.2. The highest BCUT2D eigenvalue weighted by atomic mass is 16.2. The predicted octanol–water partition coefficient (Wildman–Crippen LogP) is 3.98. The number of nitrogens with one attached hydrogen (secondary N) is 3. The Morgan fingerprint density at radius 1 is 1.10 bits per heavy atom. The molecule has 1 heterocycles. The van der Waals surface area contributed by atoms with Gasteiger partial charge < -0.3 is 15.6 Å². The summed E-state index contributed by atoms with van der Waals surface area (Å²) in [6.07, 6.45) is 5.38. The first-order valence-corrected chi connectivity index (χ1v) is 10.3. The Morgan fingerprint density at radius 3 is 2.50 bits per heavy atom. The molecule has 6 nitrogen and oxygen atoms in total. The van der Waals surface area contributed by atoms with Gasteiger partial charge >= 0.3 is 0 Å². The van der Waals surface area contributed by atoms with Gasteiger partial charge in [-0.05, 0) is 54.7 Å². The van der Waals surface area contributed by atoms with Gasteiger partial charge in [0, 0.05) is 17.7 Å². The summed E-state index contributed by atoms with van der Waals surface area (Å²) in [6.45, 7) is 4.10. The monoisotopic (exact) mass is 402 g/mol. The molecule has 0 aliphatic heterocycles. The van der Waals surface area contributed by atoms with Crippen molar-refractivity contribution in [2.24, 2.45) is 5.92 Å². The van der Waals surface area contributed by atoms with Crippen LogP contribution in [-0.2, 0) is 4.79 Å². The fourth-order valence-electron chi connectivity index (χ4n) is 3.29. The zero-order valence-electron chi connectivity index (χ0n) is 17.2. The summed E-state index contributed by atoms with van der Waals surface area (Å²) >= 11 is 0. The van der Waals surface area contributed by atoms with Gasteiger partial charge in [0.05, 0.1) is 17.1 Å². The molecule has 3 aromatic rings. The number of aromatic nitrogens is 2. The summed E-state index contributed by atoms with van der Waals surface area (Å²) in [5.41, 5.74) is 3.33. The van der Waals surface area contributed by atoms with E-state index in [0.29, 0.717) is 11.6 Å². The Bertz CT molecular complexity index is 1050. The third kappa shape index (κ3) is 4.76. The highest BCUT2D eigenvalue weighted by molar-refractivity contribution is 5.95. The minimum absolute atomic E-state index is 0.0450. The van der Waals surface area contributed by atoms with Gasteiger partial charge in [0.15, 0.2) is 0 Å². The molecule has 1 aliphatic rings. The molecule has 3 N–H and O–H groups in total. The van der Waals surface area contributed by atoms with Crippen molar-refractivity contribution in [2.45, 2.75) is 38.8 Å². The van der Waals surface area contributed by atoms with Crippen molar-refractivity contribution in [3.8, 4) is 0 Å². The standard InChI is InChI=1S/C24H26N4O2/c1-15(2)22(23-26-19-5-3-4-6-20(19)27-23)28-21(29)14-9-16-7-10-17(11-8-16)24(30)25-18-12-13-18/h3-11,14-15,18,22H,12-13H2,1-2H3,(H,25,30)(H,26,27)(H,28,29)/b14-9+/t22-/m0/s1. The third-order valence-corrected chi connectivity index (χ3v) is 5.18. The lowest BCUT2D eigenvalue weighted by atomic mass is 10.0. The SMILES string of the molecule is CC(C)[C@H](NC(=O)/C=C/c1ccc(C(=O)NC2CC2)cc1)c1nc2ccccc2[nH]1. The average molecular weight is 402 g/mol. The molecule has 0 radical (unpaired) electrons. The van der Waals surface area contributed by atoms with Crippen molar-refractivity contribution in [3.05, 3.63) is 71.6 Å². The number of nitrogens with zero attached hydrogens (tertiary/aromatic N) is 1. The van der Waals surface area contributed by atoms with Gasteiger partial charge in [0.1, 0.15) is 5.82 Å². The van der Waals surface area contributed by atoms with E-state index in [9.17, 15) is 9.59 Å². The zero-order chi connectivity index (χ0) is 21.1. The lowest BCUT2D eigenvalue weighted by Crippen LogP contribution is -2.31. The molecular formula is C24H26N4O2. The number of aromatic amines is 1. The molecule has 0 unspecified atom stereocenters. The second-order valence-electron chi connectivity index (χ2n) is 8.07. The topological polar surface area (TPSA) is 86.9 Å². The van der Waals surface area contributed by atoms with E-state index in [1.165, 1.54) is 6.08 Å². The maximum absolute atomic E-state index is 12.5. The smallest absolute Gasteiger partial charge is 0.251 e. The molecule has 2 amide bonds. The van der Waals surface area contributed by atoms with Crippen LogP contribution in [0, 0.1) is 5.92 Å². The van der Waals surface area contributed by atoms with E-state index in [-0.39, 0.29) is 23.8 Å². The Kier molecular flexibility index (Phi) is 5.65. The number of rotatable bonds is 7. The first-order chi connectivity index (χ1) is 14.5. The summed E-state index contributed by atoms with van der Waals surface area (Å²) in [5.74, 6) is 0.687. The van der Waals surface area contributed by atoms with E-state index >= 15 is 0 Å². The Morgan fingerprint density at radius 2 is 1.83 bits per heavy atom. The van der Waals surface area contributed by atoms with Crippen molar-refractivity contribution in [3.63, 3.8) is 0 Å². The van der Waals surface area contributed by atoms with Crippen molar-refractivity contribution in [1.82, 2.24) is 20.6 Å². The number of amides is 2. The minimum Gasteiger partial charge on any atom is -0.349 e. The molecule has 0 saturated heterocycles. The van der Waals surface area contributed by atoms with Crippen LogP contribution in [0.2, 0.25) is 0 Å². The van der Waals surface area contributed by atoms with Gasteiger partial charge in [-0.15, -0.1) is 0 Å². The van der Waals surface area contributed by atoms with Crippen molar-refractivity contribution in [1.29, 1.82) is 0 Å². The number of fused-ring (bicyclic) bond motifs is 1. The molecule has 1 atom stereocenters. The molecule has 4 rings (SSSR count).